The highest BCUT2D eigenvalue weighted by molar-refractivity contribution is 7.90. The van der Waals surface area contributed by atoms with Crippen molar-refractivity contribution in [3.8, 4) is 5.69 Å². The number of hydrogen-bond donors (Lipinski definition) is 0. The quantitative estimate of drug-likeness (QED) is 0.804. The Morgan fingerprint density at radius 2 is 2.05 bits per heavy atom. The molecule has 1 aromatic heterocycles. The van der Waals surface area contributed by atoms with Crippen molar-refractivity contribution in [2.45, 2.75) is 25.2 Å². The lowest BCUT2D eigenvalue weighted by Gasteiger charge is -2.16. The highest BCUT2D eigenvalue weighted by Crippen LogP contribution is 2.28. The number of sulfone groups is 1. The zero-order chi connectivity index (χ0) is 16.5. The van der Waals surface area contributed by atoms with Crippen LogP contribution >= 0.6 is 0 Å². The molecule has 7 heteroatoms. The number of esters is 1. The number of methoxy groups -OCH3 is 1. The fraction of sp³-hybridized carbons (Fsp3) is 0.333. The van der Waals surface area contributed by atoms with E-state index in [1.165, 1.54) is 7.11 Å². The monoisotopic (exact) mass is 322 g/mol. The van der Waals surface area contributed by atoms with Gasteiger partial charge in [0.1, 0.15) is 0 Å². The minimum atomic E-state index is -3.54. The van der Waals surface area contributed by atoms with E-state index in [4.69, 9.17) is 4.74 Å². The SMILES string of the molecule is CCc1c(C(=O)OC)ccc(-n2cnc(C)c2)c1S(C)(=O)=O. The van der Waals surface area contributed by atoms with Crippen LogP contribution in [0.5, 0.6) is 0 Å². The van der Waals surface area contributed by atoms with E-state index in [9.17, 15) is 13.2 Å². The van der Waals surface area contributed by atoms with Crippen LogP contribution in [0, 0.1) is 6.92 Å². The number of ether oxygens (including phenoxy) is 1. The third kappa shape index (κ3) is 2.89. The summed E-state index contributed by atoms with van der Waals surface area (Å²) in [6.07, 6.45) is 4.82. The van der Waals surface area contributed by atoms with Crippen molar-refractivity contribution < 1.29 is 17.9 Å². The summed E-state index contributed by atoms with van der Waals surface area (Å²) in [6.45, 7) is 3.62. The molecule has 0 aliphatic heterocycles. The molecular weight excluding hydrogens is 304 g/mol. The van der Waals surface area contributed by atoms with Crippen molar-refractivity contribution >= 4 is 15.8 Å². The van der Waals surface area contributed by atoms with Gasteiger partial charge in [0.05, 0.1) is 35.3 Å². The summed E-state index contributed by atoms with van der Waals surface area (Å²) in [7, 11) is -2.26. The zero-order valence-corrected chi connectivity index (χ0v) is 13.8. The summed E-state index contributed by atoms with van der Waals surface area (Å²) < 4.78 is 31.0. The number of aryl methyl sites for hydroxylation is 1. The van der Waals surface area contributed by atoms with E-state index in [0.29, 0.717) is 17.7 Å². The highest BCUT2D eigenvalue weighted by Gasteiger charge is 2.24. The minimum absolute atomic E-state index is 0.135. The number of hydrogen-bond acceptors (Lipinski definition) is 5. The van der Waals surface area contributed by atoms with E-state index < -0.39 is 15.8 Å². The number of carbonyl (C=O) groups is 1. The molecule has 1 heterocycles. The van der Waals surface area contributed by atoms with Crippen LogP contribution in [0.15, 0.2) is 29.6 Å². The lowest BCUT2D eigenvalue weighted by atomic mass is 10.0. The second kappa shape index (κ2) is 5.92. The van der Waals surface area contributed by atoms with Crippen LogP contribution in [0.1, 0.15) is 28.5 Å². The van der Waals surface area contributed by atoms with E-state index in [1.54, 1.807) is 36.1 Å². The first-order valence-corrected chi connectivity index (χ1v) is 8.64. The minimum Gasteiger partial charge on any atom is -0.465 e. The topological polar surface area (TPSA) is 78.3 Å². The molecule has 0 N–H and O–H groups in total. The molecule has 0 amide bonds. The van der Waals surface area contributed by atoms with Gasteiger partial charge in [-0.1, -0.05) is 6.92 Å². The molecule has 0 radical (unpaired) electrons. The Morgan fingerprint density at radius 1 is 1.36 bits per heavy atom. The van der Waals surface area contributed by atoms with Crippen molar-refractivity contribution in [1.82, 2.24) is 9.55 Å². The summed E-state index contributed by atoms with van der Waals surface area (Å²) in [4.78, 5) is 16.1. The van der Waals surface area contributed by atoms with E-state index in [1.807, 2.05) is 6.92 Å². The summed E-state index contributed by atoms with van der Waals surface area (Å²) in [5.74, 6) is -0.546. The van der Waals surface area contributed by atoms with Crippen LogP contribution in [-0.4, -0.2) is 37.3 Å². The molecular formula is C15H18N2O4S. The molecule has 0 unspecified atom stereocenters. The largest absolute Gasteiger partial charge is 0.465 e. The normalized spacial score (nSPS) is 11.5. The molecule has 1 aromatic carbocycles. The Kier molecular flexibility index (Phi) is 4.37. The van der Waals surface area contributed by atoms with Gasteiger partial charge in [-0.3, -0.25) is 0 Å². The summed E-state index contributed by atoms with van der Waals surface area (Å²) in [5.41, 5.74) is 1.98. The fourth-order valence-corrected chi connectivity index (χ4v) is 3.69. The first kappa shape index (κ1) is 16.2. The number of nitrogens with zero attached hydrogens (tertiary/aromatic N) is 2. The van der Waals surface area contributed by atoms with Crippen LogP contribution in [0.3, 0.4) is 0 Å². The smallest absolute Gasteiger partial charge is 0.338 e. The van der Waals surface area contributed by atoms with E-state index in [-0.39, 0.29) is 10.5 Å². The summed E-state index contributed by atoms with van der Waals surface area (Å²) in [5, 5.41) is 0. The average molecular weight is 322 g/mol. The van der Waals surface area contributed by atoms with Crippen molar-refractivity contribution in [1.29, 1.82) is 0 Å². The first-order valence-electron chi connectivity index (χ1n) is 6.74. The maximum atomic E-state index is 12.3. The molecule has 0 spiro atoms. The third-order valence-corrected chi connectivity index (χ3v) is 4.56. The van der Waals surface area contributed by atoms with Gasteiger partial charge in [0, 0.05) is 12.5 Å². The predicted molar refractivity (Wildman–Crippen MR) is 82.1 cm³/mol. The van der Waals surface area contributed by atoms with E-state index >= 15 is 0 Å². The molecule has 118 valence electrons. The highest BCUT2D eigenvalue weighted by atomic mass is 32.2. The standard InChI is InChI=1S/C15H18N2O4S/c1-5-11-12(15(18)21-3)6-7-13(14(11)22(4,19)20)17-8-10(2)16-9-17/h6-9H,5H2,1-4H3. The molecule has 0 saturated heterocycles. The molecule has 0 atom stereocenters. The van der Waals surface area contributed by atoms with Crippen molar-refractivity contribution in [2.24, 2.45) is 0 Å². The molecule has 22 heavy (non-hydrogen) atoms. The van der Waals surface area contributed by atoms with Gasteiger partial charge in [-0.15, -0.1) is 0 Å². The van der Waals surface area contributed by atoms with Gasteiger partial charge in [0.25, 0.3) is 0 Å². The zero-order valence-electron chi connectivity index (χ0n) is 13.0. The number of aromatic nitrogens is 2. The molecule has 2 aromatic rings. The second-order valence-corrected chi connectivity index (χ2v) is 6.93. The first-order chi connectivity index (χ1) is 10.3. The van der Waals surface area contributed by atoms with Gasteiger partial charge in [0.2, 0.25) is 0 Å². The van der Waals surface area contributed by atoms with Gasteiger partial charge >= 0.3 is 5.97 Å². The number of carbonyl (C=O) groups excluding carboxylic acids is 1. The molecule has 0 bridgehead atoms. The van der Waals surface area contributed by atoms with Crippen molar-refractivity contribution in [3.63, 3.8) is 0 Å². The second-order valence-electron chi connectivity index (χ2n) is 4.98. The average Bonchev–Trinajstić information content (AvgIpc) is 2.90. The number of rotatable bonds is 4. The number of benzene rings is 1. The Bertz CT molecular complexity index is 822. The van der Waals surface area contributed by atoms with E-state index in [2.05, 4.69) is 4.98 Å². The molecule has 2 rings (SSSR count). The van der Waals surface area contributed by atoms with Crippen molar-refractivity contribution in [3.05, 3.63) is 41.5 Å². The van der Waals surface area contributed by atoms with E-state index in [0.717, 1.165) is 11.9 Å². The maximum absolute atomic E-state index is 12.3. The van der Waals surface area contributed by atoms with Gasteiger partial charge in [-0.2, -0.15) is 0 Å². The summed E-state index contributed by atoms with van der Waals surface area (Å²) in [6, 6.07) is 3.19. The van der Waals surface area contributed by atoms with Gasteiger partial charge in [-0.25, -0.2) is 18.2 Å². The van der Waals surface area contributed by atoms with Crippen LogP contribution in [0.4, 0.5) is 0 Å². The van der Waals surface area contributed by atoms with Gasteiger partial charge in [-0.05, 0) is 31.0 Å². The number of imidazole rings is 1. The molecule has 0 fully saturated rings. The maximum Gasteiger partial charge on any atom is 0.338 e. The molecule has 0 aliphatic rings. The van der Waals surface area contributed by atoms with Crippen LogP contribution in [0.25, 0.3) is 5.69 Å². The Morgan fingerprint density at radius 3 is 2.50 bits per heavy atom. The Labute approximate surface area is 129 Å². The Hall–Kier alpha value is -2.15. The molecule has 0 saturated carbocycles. The summed E-state index contributed by atoms with van der Waals surface area (Å²) >= 11 is 0. The van der Waals surface area contributed by atoms with Crippen LogP contribution < -0.4 is 0 Å². The molecule has 0 aliphatic carbocycles. The van der Waals surface area contributed by atoms with Crippen molar-refractivity contribution in [2.75, 3.05) is 13.4 Å². The fourth-order valence-electron chi connectivity index (χ4n) is 2.44. The third-order valence-electron chi connectivity index (χ3n) is 3.36. The van der Waals surface area contributed by atoms with Gasteiger partial charge in [0.15, 0.2) is 9.84 Å². The lowest BCUT2D eigenvalue weighted by Crippen LogP contribution is -2.14. The molecule has 6 nitrogen and oxygen atoms in total. The van der Waals surface area contributed by atoms with Crippen LogP contribution in [0.2, 0.25) is 0 Å². The van der Waals surface area contributed by atoms with Gasteiger partial charge < -0.3 is 9.30 Å². The Balaban J connectivity index is 2.84. The predicted octanol–water partition coefficient (Wildman–Crippen LogP) is 1.93. The van der Waals surface area contributed by atoms with Crippen LogP contribution in [-0.2, 0) is 21.0 Å². The lowest BCUT2D eigenvalue weighted by molar-refractivity contribution is 0.0599.